The third kappa shape index (κ3) is 2.32. The maximum atomic E-state index is 11.8. The molecular weight excluding hydrogens is 315 g/mol. The van der Waals surface area contributed by atoms with Gasteiger partial charge in [-0.1, -0.05) is 46.9 Å². The van der Waals surface area contributed by atoms with Crippen molar-refractivity contribution in [3.05, 3.63) is 42.2 Å². The maximum Gasteiger partial charge on any atom is 0.270 e. The number of benzene rings is 1. The van der Waals surface area contributed by atoms with E-state index >= 15 is 0 Å². The smallest absolute Gasteiger partial charge is 0.270 e. The summed E-state index contributed by atoms with van der Waals surface area (Å²) < 4.78 is 0.897. The van der Waals surface area contributed by atoms with Crippen molar-refractivity contribution >= 4 is 39.3 Å². The van der Waals surface area contributed by atoms with Crippen LogP contribution in [0.1, 0.15) is 10.5 Å². The molecular formula is C12H11IN2O. The number of rotatable bonds is 3. The van der Waals surface area contributed by atoms with Crippen LogP contribution in [0.25, 0.3) is 10.8 Å². The normalized spacial score (nSPS) is 10.3. The molecule has 0 atom stereocenters. The molecule has 82 valence electrons. The second kappa shape index (κ2) is 5.25. The van der Waals surface area contributed by atoms with E-state index < -0.39 is 0 Å². The zero-order chi connectivity index (χ0) is 11.4. The van der Waals surface area contributed by atoms with Crippen LogP contribution in [0.3, 0.4) is 0 Å². The van der Waals surface area contributed by atoms with E-state index in [1.54, 1.807) is 6.20 Å². The van der Waals surface area contributed by atoms with E-state index in [0.29, 0.717) is 12.2 Å². The van der Waals surface area contributed by atoms with Crippen LogP contribution in [-0.4, -0.2) is 21.9 Å². The lowest BCUT2D eigenvalue weighted by Gasteiger charge is -2.05. The van der Waals surface area contributed by atoms with Crippen molar-refractivity contribution in [1.29, 1.82) is 0 Å². The third-order valence-corrected chi connectivity index (χ3v) is 2.81. The highest BCUT2D eigenvalue weighted by atomic mass is 127. The fraction of sp³-hybridized carbons (Fsp3) is 0.167. The summed E-state index contributed by atoms with van der Waals surface area (Å²) >= 11 is 2.22. The van der Waals surface area contributed by atoms with Gasteiger partial charge in [0.15, 0.2) is 0 Å². The van der Waals surface area contributed by atoms with Gasteiger partial charge in [-0.25, -0.2) is 0 Å². The Hall–Kier alpha value is -1.17. The quantitative estimate of drug-likeness (QED) is 0.695. The predicted octanol–water partition coefficient (Wildman–Crippen LogP) is 2.40. The van der Waals surface area contributed by atoms with Crippen molar-refractivity contribution in [2.45, 2.75) is 0 Å². The summed E-state index contributed by atoms with van der Waals surface area (Å²) in [5.41, 5.74) is 0.503. The number of alkyl halides is 1. The van der Waals surface area contributed by atoms with Crippen molar-refractivity contribution < 1.29 is 4.79 Å². The van der Waals surface area contributed by atoms with Crippen LogP contribution in [-0.2, 0) is 0 Å². The minimum absolute atomic E-state index is 0.103. The van der Waals surface area contributed by atoms with Gasteiger partial charge in [0.05, 0.1) is 0 Å². The Morgan fingerprint density at radius 2 is 2.12 bits per heavy atom. The number of hydrogen-bond donors (Lipinski definition) is 1. The van der Waals surface area contributed by atoms with Crippen LogP contribution in [0.2, 0.25) is 0 Å². The number of carbonyl (C=O) groups excluding carboxylic acids is 1. The van der Waals surface area contributed by atoms with E-state index in [-0.39, 0.29) is 5.91 Å². The Morgan fingerprint density at radius 1 is 1.31 bits per heavy atom. The van der Waals surface area contributed by atoms with Gasteiger partial charge in [-0.05, 0) is 11.5 Å². The van der Waals surface area contributed by atoms with E-state index in [0.717, 1.165) is 15.2 Å². The van der Waals surface area contributed by atoms with E-state index in [9.17, 15) is 4.79 Å². The monoisotopic (exact) mass is 326 g/mol. The van der Waals surface area contributed by atoms with Gasteiger partial charge in [-0.15, -0.1) is 0 Å². The van der Waals surface area contributed by atoms with Crippen LogP contribution < -0.4 is 5.32 Å². The van der Waals surface area contributed by atoms with Crippen LogP contribution in [0.4, 0.5) is 0 Å². The molecule has 0 spiro atoms. The highest BCUT2D eigenvalue weighted by molar-refractivity contribution is 14.1. The number of pyridine rings is 1. The predicted molar refractivity (Wildman–Crippen MR) is 73.0 cm³/mol. The largest absolute Gasteiger partial charge is 0.350 e. The first-order valence-electron chi connectivity index (χ1n) is 5.01. The lowest BCUT2D eigenvalue weighted by atomic mass is 10.1. The number of nitrogens with one attached hydrogen (secondary N) is 1. The summed E-state index contributed by atoms with van der Waals surface area (Å²) in [5.74, 6) is -0.103. The molecule has 4 heteroatoms. The molecule has 1 aromatic carbocycles. The molecule has 1 aromatic heterocycles. The van der Waals surface area contributed by atoms with Crippen LogP contribution in [0.5, 0.6) is 0 Å². The molecule has 3 nitrogen and oxygen atoms in total. The van der Waals surface area contributed by atoms with Crippen LogP contribution >= 0.6 is 22.6 Å². The molecule has 1 amide bonds. The molecule has 0 aliphatic rings. The summed E-state index contributed by atoms with van der Waals surface area (Å²) in [6.07, 6.45) is 1.67. The molecule has 2 rings (SSSR count). The Labute approximate surface area is 107 Å². The van der Waals surface area contributed by atoms with Gasteiger partial charge in [-0.3, -0.25) is 9.78 Å². The van der Waals surface area contributed by atoms with Gasteiger partial charge >= 0.3 is 0 Å². The lowest BCUT2D eigenvalue weighted by Crippen LogP contribution is -2.26. The van der Waals surface area contributed by atoms with Gasteiger partial charge in [0.25, 0.3) is 5.91 Å². The molecule has 0 unspecified atom stereocenters. The first-order chi connectivity index (χ1) is 7.83. The first kappa shape index (κ1) is 11.3. The number of aromatic nitrogens is 1. The second-order valence-corrected chi connectivity index (χ2v) is 4.40. The van der Waals surface area contributed by atoms with Gasteiger partial charge in [0.2, 0.25) is 0 Å². The Morgan fingerprint density at radius 3 is 2.94 bits per heavy atom. The van der Waals surface area contributed by atoms with Crippen molar-refractivity contribution in [2.75, 3.05) is 11.0 Å². The maximum absolute atomic E-state index is 11.8. The number of amides is 1. The van der Waals surface area contributed by atoms with Crippen molar-refractivity contribution in [3.8, 4) is 0 Å². The number of hydrogen-bond acceptors (Lipinski definition) is 2. The van der Waals surface area contributed by atoms with Gasteiger partial charge < -0.3 is 5.32 Å². The van der Waals surface area contributed by atoms with Crippen molar-refractivity contribution in [3.63, 3.8) is 0 Å². The molecule has 1 heterocycles. The second-order valence-electron chi connectivity index (χ2n) is 3.33. The number of nitrogens with zero attached hydrogens (tertiary/aromatic N) is 1. The third-order valence-electron chi connectivity index (χ3n) is 2.27. The van der Waals surface area contributed by atoms with Gasteiger partial charge in [-0.2, -0.15) is 0 Å². The molecule has 0 aliphatic carbocycles. The lowest BCUT2D eigenvalue weighted by molar-refractivity contribution is 0.0953. The molecule has 0 fully saturated rings. The summed E-state index contributed by atoms with van der Waals surface area (Å²) in [4.78, 5) is 16.0. The zero-order valence-electron chi connectivity index (χ0n) is 8.61. The SMILES string of the molecule is O=C(NCCI)c1nccc2ccccc12. The molecule has 0 aliphatic heterocycles. The van der Waals surface area contributed by atoms with E-state index in [1.807, 2.05) is 30.3 Å². The minimum Gasteiger partial charge on any atom is -0.350 e. The van der Waals surface area contributed by atoms with Crippen molar-refractivity contribution in [1.82, 2.24) is 10.3 Å². The van der Waals surface area contributed by atoms with E-state index in [2.05, 4.69) is 32.9 Å². The topological polar surface area (TPSA) is 42.0 Å². The fourth-order valence-electron chi connectivity index (χ4n) is 1.55. The Kier molecular flexibility index (Phi) is 3.71. The highest BCUT2D eigenvalue weighted by Crippen LogP contribution is 2.15. The summed E-state index contributed by atoms with van der Waals surface area (Å²) in [6, 6.07) is 9.67. The van der Waals surface area contributed by atoms with Gasteiger partial charge in [0.1, 0.15) is 5.69 Å². The van der Waals surface area contributed by atoms with Crippen LogP contribution in [0.15, 0.2) is 36.5 Å². The van der Waals surface area contributed by atoms with Crippen LogP contribution in [0, 0.1) is 0 Å². The molecule has 0 saturated carbocycles. The van der Waals surface area contributed by atoms with Crippen molar-refractivity contribution in [2.24, 2.45) is 0 Å². The molecule has 16 heavy (non-hydrogen) atoms. The minimum atomic E-state index is -0.103. The van der Waals surface area contributed by atoms with E-state index in [1.165, 1.54) is 0 Å². The Bertz CT molecular complexity index is 508. The zero-order valence-corrected chi connectivity index (χ0v) is 10.8. The number of fused-ring (bicyclic) bond motifs is 1. The number of halogens is 1. The van der Waals surface area contributed by atoms with E-state index in [4.69, 9.17) is 0 Å². The summed E-state index contributed by atoms with van der Waals surface area (Å²) in [6.45, 7) is 0.671. The molecule has 1 N–H and O–H groups in total. The molecule has 0 radical (unpaired) electrons. The molecule has 0 saturated heterocycles. The Balaban J connectivity index is 2.40. The average Bonchev–Trinajstić information content (AvgIpc) is 2.35. The number of carbonyl (C=O) groups is 1. The first-order valence-corrected chi connectivity index (χ1v) is 6.53. The molecule has 0 bridgehead atoms. The summed E-state index contributed by atoms with van der Waals surface area (Å²) in [5, 5.41) is 4.77. The fourth-order valence-corrected chi connectivity index (χ4v) is 1.81. The highest BCUT2D eigenvalue weighted by Gasteiger charge is 2.09. The standard InChI is InChI=1S/C12H11IN2O/c13-6-8-15-12(16)11-10-4-2-1-3-9(10)5-7-14-11/h1-5,7H,6,8H2,(H,15,16). The summed E-state index contributed by atoms with van der Waals surface area (Å²) in [7, 11) is 0. The van der Waals surface area contributed by atoms with Gasteiger partial charge in [0, 0.05) is 22.6 Å². The average molecular weight is 326 g/mol. The molecule has 2 aromatic rings.